The third-order valence-corrected chi connectivity index (χ3v) is 4.20. The van der Waals surface area contributed by atoms with Gasteiger partial charge >= 0.3 is 0 Å². The lowest BCUT2D eigenvalue weighted by Crippen LogP contribution is -2.58. The molecule has 0 bridgehead atoms. The molecule has 1 N–H and O–H groups in total. The number of benzene rings is 1. The lowest BCUT2D eigenvalue weighted by molar-refractivity contribution is -0.259. The predicted molar refractivity (Wildman–Crippen MR) is 79.0 cm³/mol. The van der Waals surface area contributed by atoms with Crippen molar-refractivity contribution in [1.82, 2.24) is 5.32 Å². The van der Waals surface area contributed by atoms with E-state index in [4.69, 9.17) is 25.8 Å². The molecule has 0 aromatic heterocycles. The maximum Gasteiger partial charge on any atom is 0.187 e. The summed E-state index contributed by atoms with van der Waals surface area (Å²) in [5.74, 6) is -0.630. The first-order valence-corrected chi connectivity index (χ1v) is 7.15. The largest absolute Gasteiger partial charge is 0.379 e. The van der Waals surface area contributed by atoms with E-state index in [0.717, 1.165) is 16.1 Å². The van der Waals surface area contributed by atoms with Crippen molar-refractivity contribution < 1.29 is 14.2 Å². The van der Waals surface area contributed by atoms with Crippen LogP contribution >= 0.6 is 11.6 Å². The summed E-state index contributed by atoms with van der Waals surface area (Å²) < 4.78 is 16.7. The van der Waals surface area contributed by atoms with Gasteiger partial charge in [0.15, 0.2) is 5.79 Å². The van der Waals surface area contributed by atoms with Crippen molar-refractivity contribution in [2.45, 2.75) is 31.7 Å². The molecule has 1 unspecified atom stereocenters. The van der Waals surface area contributed by atoms with Crippen molar-refractivity contribution in [2.75, 3.05) is 27.4 Å². The second-order valence-electron chi connectivity index (χ2n) is 5.07. The van der Waals surface area contributed by atoms with Crippen LogP contribution in [0.1, 0.15) is 17.5 Å². The van der Waals surface area contributed by atoms with Crippen molar-refractivity contribution in [3.8, 4) is 0 Å². The highest BCUT2D eigenvalue weighted by atomic mass is 35.5. The Morgan fingerprint density at radius 3 is 2.80 bits per heavy atom. The molecule has 1 atom stereocenters. The van der Waals surface area contributed by atoms with Gasteiger partial charge in [-0.15, -0.1) is 0 Å². The van der Waals surface area contributed by atoms with Gasteiger partial charge in [0.05, 0.1) is 19.3 Å². The average molecular weight is 300 g/mol. The quantitative estimate of drug-likeness (QED) is 0.848. The van der Waals surface area contributed by atoms with E-state index in [1.807, 2.05) is 19.1 Å². The number of aryl methyl sites for hydroxylation is 1. The van der Waals surface area contributed by atoms with E-state index in [1.165, 1.54) is 0 Å². The van der Waals surface area contributed by atoms with Gasteiger partial charge in [0.2, 0.25) is 0 Å². The van der Waals surface area contributed by atoms with Crippen molar-refractivity contribution >= 4 is 11.6 Å². The van der Waals surface area contributed by atoms with Crippen LogP contribution in [0.4, 0.5) is 0 Å². The maximum absolute atomic E-state index is 6.25. The zero-order valence-corrected chi connectivity index (χ0v) is 13.0. The summed E-state index contributed by atoms with van der Waals surface area (Å²) in [6.07, 6.45) is 0.708. The van der Waals surface area contributed by atoms with Crippen LogP contribution < -0.4 is 5.32 Å². The van der Waals surface area contributed by atoms with Gasteiger partial charge in [-0.05, 0) is 24.1 Å². The topological polar surface area (TPSA) is 39.7 Å². The molecule has 112 valence electrons. The molecule has 1 aromatic rings. The van der Waals surface area contributed by atoms with E-state index in [9.17, 15) is 0 Å². The highest BCUT2D eigenvalue weighted by molar-refractivity contribution is 6.31. The number of rotatable bonds is 5. The zero-order chi connectivity index (χ0) is 14.6. The van der Waals surface area contributed by atoms with Gasteiger partial charge in [0.1, 0.15) is 0 Å². The first-order chi connectivity index (χ1) is 9.61. The summed E-state index contributed by atoms with van der Waals surface area (Å²) in [6, 6.07) is 6.04. The Morgan fingerprint density at radius 1 is 1.40 bits per heavy atom. The number of hydrogen-bond acceptors (Lipinski definition) is 4. The second kappa shape index (κ2) is 6.87. The molecule has 1 heterocycles. The average Bonchev–Trinajstić information content (AvgIpc) is 2.47. The number of nitrogens with one attached hydrogen (secondary N) is 1. The maximum atomic E-state index is 6.25. The molecule has 0 saturated carbocycles. The van der Waals surface area contributed by atoms with E-state index in [2.05, 4.69) is 11.4 Å². The Balaban J connectivity index is 2.04. The molecule has 0 amide bonds. The summed E-state index contributed by atoms with van der Waals surface area (Å²) in [5.41, 5.74) is 2.21. The van der Waals surface area contributed by atoms with Crippen LogP contribution in [-0.2, 0) is 20.8 Å². The molecular formula is C15H22ClNO3. The van der Waals surface area contributed by atoms with Gasteiger partial charge in [-0.1, -0.05) is 23.7 Å². The molecule has 0 spiro atoms. The first-order valence-electron chi connectivity index (χ1n) is 6.78. The van der Waals surface area contributed by atoms with Crippen molar-refractivity contribution in [1.29, 1.82) is 0 Å². The second-order valence-corrected chi connectivity index (χ2v) is 5.48. The third kappa shape index (κ3) is 3.32. The van der Waals surface area contributed by atoms with Gasteiger partial charge in [0, 0.05) is 32.2 Å². The van der Waals surface area contributed by atoms with Crippen LogP contribution in [0.25, 0.3) is 0 Å². The fraction of sp³-hybridized carbons (Fsp3) is 0.600. The first kappa shape index (κ1) is 15.7. The Morgan fingerprint density at radius 2 is 2.15 bits per heavy atom. The van der Waals surface area contributed by atoms with E-state index in [0.29, 0.717) is 26.2 Å². The van der Waals surface area contributed by atoms with E-state index >= 15 is 0 Å². The van der Waals surface area contributed by atoms with Crippen molar-refractivity contribution in [3.63, 3.8) is 0 Å². The van der Waals surface area contributed by atoms with Crippen LogP contribution in [0.5, 0.6) is 0 Å². The van der Waals surface area contributed by atoms with Crippen LogP contribution in [0.15, 0.2) is 18.2 Å². The Hall–Kier alpha value is -0.650. The fourth-order valence-corrected chi connectivity index (χ4v) is 2.83. The third-order valence-electron chi connectivity index (χ3n) is 3.85. The molecule has 0 radical (unpaired) electrons. The number of hydrogen-bond donors (Lipinski definition) is 1. The zero-order valence-electron chi connectivity index (χ0n) is 12.2. The molecule has 0 aliphatic carbocycles. The Labute approximate surface area is 125 Å². The summed E-state index contributed by atoms with van der Waals surface area (Å²) in [4.78, 5) is 0. The number of methoxy groups -OCH3 is 2. The Kier molecular flexibility index (Phi) is 5.41. The van der Waals surface area contributed by atoms with Crippen molar-refractivity contribution in [3.05, 3.63) is 34.3 Å². The molecule has 1 aromatic carbocycles. The molecule has 20 heavy (non-hydrogen) atoms. The van der Waals surface area contributed by atoms with Gasteiger partial charge in [0.25, 0.3) is 0 Å². The summed E-state index contributed by atoms with van der Waals surface area (Å²) >= 11 is 6.25. The summed E-state index contributed by atoms with van der Waals surface area (Å²) in [6.45, 7) is 3.89. The van der Waals surface area contributed by atoms with Gasteiger partial charge in [-0.3, -0.25) is 0 Å². The Bertz CT molecular complexity index is 449. The minimum absolute atomic E-state index is 0.0244. The SMILES string of the molecule is COC1(OC)CCOCC1NCc1ccc(C)cc1Cl. The molecule has 1 aliphatic rings. The van der Waals surface area contributed by atoms with Crippen LogP contribution in [0, 0.1) is 6.92 Å². The normalized spacial score (nSPS) is 21.9. The molecule has 1 saturated heterocycles. The number of halogens is 1. The fourth-order valence-electron chi connectivity index (χ4n) is 2.53. The van der Waals surface area contributed by atoms with E-state index in [-0.39, 0.29) is 6.04 Å². The minimum atomic E-state index is -0.630. The van der Waals surface area contributed by atoms with E-state index in [1.54, 1.807) is 14.2 Å². The molecular weight excluding hydrogens is 278 g/mol. The van der Waals surface area contributed by atoms with Gasteiger partial charge in [-0.2, -0.15) is 0 Å². The molecule has 1 aliphatic heterocycles. The molecule has 2 rings (SSSR count). The van der Waals surface area contributed by atoms with Crippen LogP contribution in [0.2, 0.25) is 5.02 Å². The number of ether oxygens (including phenoxy) is 3. The minimum Gasteiger partial charge on any atom is -0.379 e. The highest BCUT2D eigenvalue weighted by Gasteiger charge is 2.41. The predicted octanol–water partition coefficient (Wildman–Crippen LogP) is 2.52. The lowest BCUT2D eigenvalue weighted by atomic mass is 10.0. The van der Waals surface area contributed by atoms with Gasteiger partial charge in [-0.25, -0.2) is 0 Å². The standard InChI is InChI=1S/C15H22ClNO3/c1-11-4-5-12(13(16)8-11)9-17-14-10-20-7-6-15(14,18-2)19-3/h4-5,8,14,17H,6-7,9-10H2,1-3H3. The van der Waals surface area contributed by atoms with Gasteiger partial charge < -0.3 is 19.5 Å². The van der Waals surface area contributed by atoms with Crippen LogP contribution in [0.3, 0.4) is 0 Å². The lowest BCUT2D eigenvalue weighted by Gasteiger charge is -2.41. The summed E-state index contributed by atoms with van der Waals surface area (Å²) in [5, 5.41) is 4.20. The molecule has 1 fully saturated rings. The van der Waals surface area contributed by atoms with E-state index < -0.39 is 5.79 Å². The van der Waals surface area contributed by atoms with Crippen LogP contribution in [-0.4, -0.2) is 39.3 Å². The molecule has 4 nitrogen and oxygen atoms in total. The smallest absolute Gasteiger partial charge is 0.187 e. The summed E-state index contributed by atoms with van der Waals surface area (Å²) in [7, 11) is 3.34. The highest BCUT2D eigenvalue weighted by Crippen LogP contribution is 2.26. The van der Waals surface area contributed by atoms with Crippen molar-refractivity contribution in [2.24, 2.45) is 0 Å². The monoisotopic (exact) mass is 299 g/mol. The molecule has 5 heteroatoms.